The molecule has 1 aromatic rings. The van der Waals surface area contributed by atoms with Crippen LogP contribution in [-0.4, -0.2) is 43.4 Å². The zero-order chi connectivity index (χ0) is 15.5. The highest BCUT2D eigenvalue weighted by Gasteiger charge is 2.31. The molecule has 6 nitrogen and oxygen atoms in total. The SMILES string of the molecule is CCNc1cc(C(=O)NCC2CCCS2(=O)=O)c(Cl)cn1. The lowest BCUT2D eigenvalue weighted by molar-refractivity contribution is 0.0953. The maximum Gasteiger partial charge on any atom is 0.253 e. The second-order valence-corrected chi connectivity index (χ2v) is 7.73. The molecule has 1 saturated heterocycles. The minimum absolute atomic E-state index is 0.121. The van der Waals surface area contributed by atoms with Gasteiger partial charge in [0.15, 0.2) is 9.84 Å². The first-order chi connectivity index (χ1) is 9.94. The van der Waals surface area contributed by atoms with Crippen molar-refractivity contribution in [2.24, 2.45) is 0 Å². The lowest BCUT2D eigenvalue weighted by atomic mass is 10.2. The van der Waals surface area contributed by atoms with Gasteiger partial charge in [-0.1, -0.05) is 11.6 Å². The summed E-state index contributed by atoms with van der Waals surface area (Å²) in [5, 5.41) is 5.39. The van der Waals surface area contributed by atoms with E-state index in [1.807, 2.05) is 6.92 Å². The molecule has 0 aromatic carbocycles. The van der Waals surface area contributed by atoms with E-state index in [0.717, 1.165) is 0 Å². The van der Waals surface area contributed by atoms with Crippen LogP contribution < -0.4 is 10.6 Å². The van der Waals surface area contributed by atoms with Crippen molar-refractivity contribution in [3.63, 3.8) is 0 Å². The number of carbonyl (C=O) groups excluding carboxylic acids is 1. The summed E-state index contributed by atoms with van der Waals surface area (Å²) in [6.07, 6.45) is 2.65. The summed E-state index contributed by atoms with van der Waals surface area (Å²) >= 11 is 5.97. The minimum atomic E-state index is -3.06. The molecule has 1 aliphatic rings. The Labute approximate surface area is 129 Å². The second-order valence-electron chi connectivity index (χ2n) is 4.92. The van der Waals surface area contributed by atoms with E-state index < -0.39 is 15.1 Å². The topological polar surface area (TPSA) is 88.2 Å². The molecule has 0 aliphatic carbocycles. The molecule has 1 atom stereocenters. The third-order valence-corrected chi connectivity index (χ3v) is 5.99. The van der Waals surface area contributed by atoms with E-state index in [9.17, 15) is 13.2 Å². The number of sulfone groups is 1. The van der Waals surface area contributed by atoms with Crippen molar-refractivity contribution in [1.29, 1.82) is 0 Å². The van der Waals surface area contributed by atoms with Gasteiger partial charge >= 0.3 is 0 Å². The number of pyridine rings is 1. The van der Waals surface area contributed by atoms with Crippen molar-refractivity contribution in [2.45, 2.75) is 25.0 Å². The van der Waals surface area contributed by atoms with E-state index >= 15 is 0 Å². The monoisotopic (exact) mass is 331 g/mol. The molecular formula is C13H18ClN3O3S. The largest absolute Gasteiger partial charge is 0.370 e. The molecule has 0 bridgehead atoms. The van der Waals surface area contributed by atoms with Gasteiger partial charge in [-0.2, -0.15) is 0 Å². The van der Waals surface area contributed by atoms with Gasteiger partial charge in [-0.05, 0) is 25.8 Å². The van der Waals surface area contributed by atoms with Crippen LogP contribution in [0, 0.1) is 0 Å². The van der Waals surface area contributed by atoms with Gasteiger partial charge < -0.3 is 10.6 Å². The number of halogens is 1. The Morgan fingerprint density at radius 1 is 1.52 bits per heavy atom. The van der Waals surface area contributed by atoms with E-state index in [-0.39, 0.29) is 28.8 Å². The molecule has 1 fully saturated rings. The fourth-order valence-electron chi connectivity index (χ4n) is 2.28. The average molecular weight is 332 g/mol. The summed E-state index contributed by atoms with van der Waals surface area (Å²) in [7, 11) is -3.06. The van der Waals surface area contributed by atoms with Gasteiger partial charge in [0.2, 0.25) is 0 Å². The zero-order valence-corrected chi connectivity index (χ0v) is 13.3. The van der Waals surface area contributed by atoms with Crippen LogP contribution in [0.25, 0.3) is 0 Å². The van der Waals surface area contributed by atoms with Gasteiger partial charge in [-0.15, -0.1) is 0 Å². The van der Waals surface area contributed by atoms with Crippen LogP contribution in [0.5, 0.6) is 0 Å². The van der Waals surface area contributed by atoms with Crippen molar-refractivity contribution >= 4 is 33.2 Å². The van der Waals surface area contributed by atoms with Gasteiger partial charge in [-0.3, -0.25) is 4.79 Å². The van der Waals surface area contributed by atoms with E-state index in [2.05, 4.69) is 15.6 Å². The third kappa shape index (κ3) is 3.85. The molecule has 2 rings (SSSR count). The smallest absolute Gasteiger partial charge is 0.253 e. The summed E-state index contributed by atoms with van der Waals surface area (Å²) in [5.41, 5.74) is 0.290. The van der Waals surface area contributed by atoms with Crippen LogP contribution in [-0.2, 0) is 9.84 Å². The molecule has 0 spiro atoms. The molecular weight excluding hydrogens is 314 g/mol. The van der Waals surface area contributed by atoms with Crippen molar-refractivity contribution in [2.75, 3.05) is 24.2 Å². The number of aromatic nitrogens is 1. The second kappa shape index (κ2) is 6.62. The number of carbonyl (C=O) groups is 1. The molecule has 2 heterocycles. The average Bonchev–Trinajstić information content (AvgIpc) is 2.77. The first-order valence-electron chi connectivity index (χ1n) is 6.83. The highest BCUT2D eigenvalue weighted by molar-refractivity contribution is 7.92. The molecule has 1 aromatic heterocycles. The van der Waals surface area contributed by atoms with Gasteiger partial charge in [0.25, 0.3) is 5.91 Å². The first kappa shape index (κ1) is 16.0. The first-order valence-corrected chi connectivity index (χ1v) is 8.92. The quantitative estimate of drug-likeness (QED) is 0.853. The molecule has 1 amide bonds. The van der Waals surface area contributed by atoms with Gasteiger partial charge in [0.1, 0.15) is 5.82 Å². The lowest BCUT2D eigenvalue weighted by Gasteiger charge is -2.12. The summed E-state index contributed by atoms with van der Waals surface area (Å²) in [6.45, 7) is 2.72. The number of nitrogens with zero attached hydrogens (tertiary/aromatic N) is 1. The number of amides is 1. The number of nitrogens with one attached hydrogen (secondary N) is 2. The number of hydrogen-bond donors (Lipinski definition) is 2. The van der Waals surface area contributed by atoms with Crippen molar-refractivity contribution in [1.82, 2.24) is 10.3 Å². The standard InChI is InChI=1S/C13H18ClN3O3S/c1-2-15-12-6-10(11(14)8-16-12)13(18)17-7-9-4-3-5-21(9,19)20/h6,8-9H,2-5,7H2,1H3,(H,15,16)(H,17,18). The van der Waals surface area contributed by atoms with Crippen LogP contribution >= 0.6 is 11.6 Å². The molecule has 116 valence electrons. The fourth-order valence-corrected chi connectivity index (χ4v) is 4.23. The maximum atomic E-state index is 12.1. The Morgan fingerprint density at radius 3 is 2.90 bits per heavy atom. The number of hydrogen-bond acceptors (Lipinski definition) is 5. The highest BCUT2D eigenvalue weighted by atomic mass is 35.5. The summed E-state index contributed by atoms with van der Waals surface area (Å²) in [6, 6.07) is 1.56. The number of anilines is 1. The zero-order valence-electron chi connectivity index (χ0n) is 11.7. The van der Waals surface area contributed by atoms with Crippen LogP contribution in [0.2, 0.25) is 5.02 Å². The molecule has 0 saturated carbocycles. The summed E-state index contributed by atoms with van der Waals surface area (Å²) in [5.74, 6) is 0.373. The van der Waals surface area contributed by atoms with Crippen LogP contribution in [0.4, 0.5) is 5.82 Å². The van der Waals surface area contributed by atoms with Gasteiger partial charge in [0, 0.05) is 19.3 Å². The Bertz CT molecular complexity index is 634. The van der Waals surface area contributed by atoms with Crippen LogP contribution in [0.1, 0.15) is 30.1 Å². The Hall–Kier alpha value is -1.34. The normalized spacial score (nSPS) is 20.2. The van der Waals surface area contributed by atoms with E-state index in [4.69, 9.17) is 11.6 Å². The fraction of sp³-hybridized carbons (Fsp3) is 0.538. The molecule has 1 aliphatic heterocycles. The van der Waals surface area contributed by atoms with Crippen LogP contribution in [0.3, 0.4) is 0 Å². The van der Waals surface area contributed by atoms with E-state index in [1.165, 1.54) is 6.20 Å². The Balaban J connectivity index is 2.05. The van der Waals surface area contributed by atoms with Crippen molar-refractivity contribution < 1.29 is 13.2 Å². The molecule has 1 unspecified atom stereocenters. The Kier molecular flexibility index (Phi) is 5.05. The van der Waals surface area contributed by atoms with Gasteiger partial charge in [0.05, 0.1) is 21.6 Å². The van der Waals surface area contributed by atoms with Crippen LogP contribution in [0.15, 0.2) is 12.3 Å². The van der Waals surface area contributed by atoms with Crippen molar-refractivity contribution in [3.05, 3.63) is 22.8 Å². The molecule has 8 heteroatoms. The predicted molar refractivity (Wildman–Crippen MR) is 82.6 cm³/mol. The molecule has 21 heavy (non-hydrogen) atoms. The molecule has 2 N–H and O–H groups in total. The molecule has 0 radical (unpaired) electrons. The lowest BCUT2D eigenvalue weighted by Crippen LogP contribution is -2.34. The maximum absolute atomic E-state index is 12.1. The van der Waals surface area contributed by atoms with Gasteiger partial charge in [-0.25, -0.2) is 13.4 Å². The predicted octanol–water partition coefficient (Wildman–Crippen LogP) is 1.47. The minimum Gasteiger partial charge on any atom is -0.370 e. The summed E-state index contributed by atoms with van der Waals surface area (Å²) < 4.78 is 23.4. The van der Waals surface area contributed by atoms with Crippen molar-refractivity contribution in [3.8, 4) is 0 Å². The number of rotatable bonds is 5. The summed E-state index contributed by atoms with van der Waals surface area (Å²) in [4.78, 5) is 16.2. The third-order valence-electron chi connectivity index (χ3n) is 3.41. The van der Waals surface area contributed by atoms with E-state index in [1.54, 1.807) is 6.07 Å². The van der Waals surface area contributed by atoms with E-state index in [0.29, 0.717) is 25.2 Å². The Morgan fingerprint density at radius 2 is 2.29 bits per heavy atom. The highest BCUT2D eigenvalue weighted by Crippen LogP contribution is 2.20.